The van der Waals surface area contributed by atoms with Crippen LogP contribution in [0.3, 0.4) is 0 Å². The van der Waals surface area contributed by atoms with Crippen LogP contribution in [0, 0.1) is 17.5 Å². The number of carbonyl (C=O) groups excluding carboxylic acids is 2. The van der Waals surface area contributed by atoms with Crippen LogP contribution in [0.15, 0.2) is 42.5 Å². The zero-order valence-electron chi connectivity index (χ0n) is 14.4. The molecule has 8 heteroatoms. The van der Waals surface area contributed by atoms with Gasteiger partial charge in [0.2, 0.25) is 0 Å². The largest absolute Gasteiger partial charge is 0.332 e. The molecule has 2 aromatic rings. The van der Waals surface area contributed by atoms with E-state index in [1.807, 2.05) is 35.6 Å². The van der Waals surface area contributed by atoms with Crippen molar-refractivity contribution in [2.45, 2.75) is 6.54 Å². The Hall–Kier alpha value is -2.87. The standard InChI is InChI=1S/C19H18F3N3O2/c20-14-6-7-15(17(22)16(14)21)23-18(26)19(27)25-10-8-24(9-11-25)12-13-4-2-1-3-5-13/h1-7H,8-12H2,(H,23,26). The number of hydrogen-bond acceptors (Lipinski definition) is 3. The van der Waals surface area contributed by atoms with Crippen LogP contribution in [0.1, 0.15) is 5.56 Å². The topological polar surface area (TPSA) is 52.7 Å². The smallest absolute Gasteiger partial charge is 0.313 e. The van der Waals surface area contributed by atoms with Crippen LogP contribution in [0.4, 0.5) is 18.9 Å². The van der Waals surface area contributed by atoms with Gasteiger partial charge in [0.25, 0.3) is 0 Å². The number of piperazine rings is 1. The van der Waals surface area contributed by atoms with Crippen molar-refractivity contribution in [1.82, 2.24) is 9.80 Å². The van der Waals surface area contributed by atoms with Gasteiger partial charge in [-0.25, -0.2) is 13.2 Å². The minimum atomic E-state index is -1.70. The highest BCUT2D eigenvalue weighted by Gasteiger charge is 2.27. The van der Waals surface area contributed by atoms with E-state index in [4.69, 9.17) is 0 Å². The van der Waals surface area contributed by atoms with Gasteiger partial charge >= 0.3 is 11.8 Å². The van der Waals surface area contributed by atoms with E-state index < -0.39 is 35.0 Å². The molecule has 1 heterocycles. The Bertz CT molecular complexity index is 838. The summed E-state index contributed by atoms with van der Waals surface area (Å²) in [6.07, 6.45) is 0. The molecule has 1 N–H and O–H groups in total. The van der Waals surface area contributed by atoms with Gasteiger partial charge in [-0.05, 0) is 17.7 Å². The van der Waals surface area contributed by atoms with Crippen molar-refractivity contribution in [2.24, 2.45) is 0 Å². The molecular weight excluding hydrogens is 359 g/mol. The average molecular weight is 377 g/mol. The van der Waals surface area contributed by atoms with Crippen LogP contribution >= 0.6 is 0 Å². The molecule has 2 aromatic carbocycles. The van der Waals surface area contributed by atoms with Crippen LogP contribution in [0.2, 0.25) is 0 Å². The Labute approximate surface area is 154 Å². The van der Waals surface area contributed by atoms with Gasteiger partial charge < -0.3 is 10.2 Å². The zero-order valence-corrected chi connectivity index (χ0v) is 14.4. The number of anilines is 1. The third-order valence-electron chi connectivity index (χ3n) is 4.39. The van der Waals surface area contributed by atoms with E-state index in [2.05, 4.69) is 4.90 Å². The normalized spacial score (nSPS) is 14.9. The Kier molecular flexibility index (Phi) is 5.75. The van der Waals surface area contributed by atoms with E-state index in [0.717, 1.165) is 18.2 Å². The Balaban J connectivity index is 1.54. The molecular formula is C19H18F3N3O2. The van der Waals surface area contributed by atoms with E-state index >= 15 is 0 Å². The van der Waals surface area contributed by atoms with Crippen molar-refractivity contribution < 1.29 is 22.8 Å². The van der Waals surface area contributed by atoms with Crippen molar-refractivity contribution in [3.63, 3.8) is 0 Å². The lowest BCUT2D eigenvalue weighted by atomic mass is 10.2. The highest BCUT2D eigenvalue weighted by molar-refractivity contribution is 6.39. The van der Waals surface area contributed by atoms with E-state index in [1.165, 1.54) is 4.90 Å². The average Bonchev–Trinajstić information content (AvgIpc) is 2.69. The van der Waals surface area contributed by atoms with Crippen molar-refractivity contribution in [2.75, 3.05) is 31.5 Å². The molecule has 3 rings (SSSR count). The van der Waals surface area contributed by atoms with Crippen LogP contribution in [0.5, 0.6) is 0 Å². The molecule has 142 valence electrons. The highest BCUT2D eigenvalue weighted by atomic mass is 19.2. The molecule has 0 aromatic heterocycles. The fourth-order valence-electron chi connectivity index (χ4n) is 2.89. The number of rotatable bonds is 3. The molecule has 0 aliphatic carbocycles. The quantitative estimate of drug-likeness (QED) is 0.660. The lowest BCUT2D eigenvalue weighted by Gasteiger charge is -2.34. The summed E-state index contributed by atoms with van der Waals surface area (Å²) in [5.41, 5.74) is 0.582. The first kappa shape index (κ1) is 18.9. The molecule has 5 nitrogen and oxygen atoms in total. The monoisotopic (exact) mass is 377 g/mol. The second kappa shape index (κ2) is 8.22. The first-order valence-electron chi connectivity index (χ1n) is 8.45. The zero-order chi connectivity index (χ0) is 19.4. The number of halogens is 3. The summed E-state index contributed by atoms with van der Waals surface area (Å²) in [6, 6.07) is 11.4. The van der Waals surface area contributed by atoms with Gasteiger partial charge in [0.1, 0.15) is 0 Å². The SMILES string of the molecule is O=C(Nc1ccc(F)c(F)c1F)C(=O)N1CCN(Cc2ccccc2)CC1. The first-order valence-corrected chi connectivity index (χ1v) is 8.45. The van der Waals surface area contributed by atoms with Gasteiger partial charge in [-0.15, -0.1) is 0 Å². The predicted molar refractivity (Wildman–Crippen MR) is 93.2 cm³/mol. The lowest BCUT2D eigenvalue weighted by Crippen LogP contribution is -2.51. The minimum absolute atomic E-state index is 0.347. The summed E-state index contributed by atoms with van der Waals surface area (Å²) in [5.74, 6) is -6.53. The summed E-state index contributed by atoms with van der Waals surface area (Å²) in [4.78, 5) is 27.8. The molecule has 0 unspecified atom stereocenters. The second-order valence-corrected chi connectivity index (χ2v) is 6.23. The fourth-order valence-corrected chi connectivity index (χ4v) is 2.89. The number of carbonyl (C=O) groups is 2. The number of nitrogens with one attached hydrogen (secondary N) is 1. The number of benzene rings is 2. The Morgan fingerprint density at radius 2 is 1.56 bits per heavy atom. The maximum atomic E-state index is 13.6. The summed E-state index contributed by atoms with van der Waals surface area (Å²) in [5, 5.41) is 2.00. The second-order valence-electron chi connectivity index (χ2n) is 6.23. The molecule has 2 amide bonds. The van der Waals surface area contributed by atoms with Gasteiger partial charge in [0.05, 0.1) is 5.69 Å². The maximum absolute atomic E-state index is 13.6. The summed E-state index contributed by atoms with van der Waals surface area (Å²) in [6.45, 7) is 2.62. The molecule has 0 atom stereocenters. The van der Waals surface area contributed by atoms with E-state index in [1.54, 1.807) is 0 Å². The van der Waals surface area contributed by atoms with E-state index in [0.29, 0.717) is 32.2 Å². The van der Waals surface area contributed by atoms with Crippen molar-refractivity contribution >= 4 is 17.5 Å². The third-order valence-corrected chi connectivity index (χ3v) is 4.39. The van der Waals surface area contributed by atoms with Crippen LogP contribution in [0.25, 0.3) is 0 Å². The van der Waals surface area contributed by atoms with Crippen LogP contribution < -0.4 is 5.32 Å². The maximum Gasteiger partial charge on any atom is 0.313 e. The van der Waals surface area contributed by atoms with Gasteiger partial charge in [-0.3, -0.25) is 14.5 Å². The molecule has 1 aliphatic rings. The fraction of sp³-hybridized carbons (Fsp3) is 0.263. The third kappa shape index (κ3) is 4.46. The van der Waals surface area contributed by atoms with E-state index in [9.17, 15) is 22.8 Å². The van der Waals surface area contributed by atoms with Crippen molar-refractivity contribution in [3.8, 4) is 0 Å². The molecule has 27 heavy (non-hydrogen) atoms. The minimum Gasteiger partial charge on any atom is -0.332 e. The van der Waals surface area contributed by atoms with Gasteiger partial charge in [0.15, 0.2) is 17.5 Å². The molecule has 1 saturated heterocycles. The summed E-state index contributed by atoms with van der Waals surface area (Å²) < 4.78 is 39.8. The summed E-state index contributed by atoms with van der Waals surface area (Å²) in [7, 11) is 0. The number of hydrogen-bond donors (Lipinski definition) is 1. The first-order chi connectivity index (χ1) is 13.0. The highest BCUT2D eigenvalue weighted by Crippen LogP contribution is 2.19. The lowest BCUT2D eigenvalue weighted by molar-refractivity contribution is -0.144. The predicted octanol–water partition coefficient (Wildman–Crippen LogP) is 2.39. The Morgan fingerprint density at radius 1 is 0.889 bits per heavy atom. The molecule has 0 spiro atoms. The molecule has 0 bridgehead atoms. The number of amides is 2. The van der Waals surface area contributed by atoms with Crippen LogP contribution in [-0.4, -0.2) is 47.8 Å². The van der Waals surface area contributed by atoms with Crippen LogP contribution in [-0.2, 0) is 16.1 Å². The van der Waals surface area contributed by atoms with Crippen molar-refractivity contribution in [1.29, 1.82) is 0 Å². The number of nitrogens with zero attached hydrogens (tertiary/aromatic N) is 2. The van der Waals surface area contributed by atoms with Crippen molar-refractivity contribution in [3.05, 3.63) is 65.5 Å². The van der Waals surface area contributed by atoms with Gasteiger partial charge in [-0.1, -0.05) is 30.3 Å². The van der Waals surface area contributed by atoms with E-state index in [-0.39, 0.29) is 0 Å². The molecule has 0 saturated carbocycles. The van der Waals surface area contributed by atoms with Gasteiger partial charge in [0, 0.05) is 32.7 Å². The molecule has 1 fully saturated rings. The Morgan fingerprint density at radius 3 is 2.22 bits per heavy atom. The van der Waals surface area contributed by atoms with Gasteiger partial charge in [-0.2, -0.15) is 0 Å². The summed E-state index contributed by atoms with van der Waals surface area (Å²) >= 11 is 0. The molecule has 0 radical (unpaired) electrons. The molecule has 1 aliphatic heterocycles.